The molecule has 80 valence electrons. The first kappa shape index (κ1) is 9.41. The molecule has 0 amide bonds. The zero-order chi connectivity index (χ0) is 10.3. The van der Waals surface area contributed by atoms with E-state index in [1.807, 2.05) is 0 Å². The summed E-state index contributed by atoms with van der Waals surface area (Å²) in [5.41, 5.74) is 7.32. The molecule has 1 aromatic rings. The largest absolute Gasteiger partial charge is 0.330 e. The Kier molecular flexibility index (Phi) is 2.28. The highest BCUT2D eigenvalue weighted by Crippen LogP contribution is 2.58. The Labute approximate surface area is 91.7 Å². The lowest BCUT2D eigenvalue weighted by molar-refractivity contribution is 0.154. The van der Waals surface area contributed by atoms with Gasteiger partial charge < -0.3 is 5.73 Å². The van der Waals surface area contributed by atoms with Gasteiger partial charge in [0.15, 0.2) is 0 Å². The van der Waals surface area contributed by atoms with Crippen molar-refractivity contribution in [3.63, 3.8) is 0 Å². The summed E-state index contributed by atoms with van der Waals surface area (Å²) in [5.74, 6) is 3.59. The molecule has 1 nitrogen and oxygen atoms in total. The first-order valence-electron chi connectivity index (χ1n) is 6.15. The molecule has 2 saturated carbocycles. The summed E-state index contributed by atoms with van der Waals surface area (Å²) in [4.78, 5) is 0. The molecule has 0 saturated heterocycles. The molecule has 1 heteroatoms. The minimum absolute atomic E-state index is 0.837. The zero-order valence-corrected chi connectivity index (χ0v) is 9.10. The standard InChI is InChI=1S/C14H19N/c15-9-11-6-7-12(11)14-8-13(14)10-4-2-1-3-5-10/h1-5,11-14H,6-9,15H2. The van der Waals surface area contributed by atoms with E-state index in [1.165, 1.54) is 19.3 Å². The highest BCUT2D eigenvalue weighted by molar-refractivity contribution is 5.26. The number of rotatable bonds is 3. The van der Waals surface area contributed by atoms with Crippen molar-refractivity contribution in [2.24, 2.45) is 23.5 Å². The molecule has 2 N–H and O–H groups in total. The molecular weight excluding hydrogens is 182 g/mol. The van der Waals surface area contributed by atoms with Crippen LogP contribution in [0.3, 0.4) is 0 Å². The third kappa shape index (κ3) is 1.59. The molecule has 0 aliphatic heterocycles. The summed E-state index contributed by atoms with van der Waals surface area (Å²) in [6.07, 6.45) is 4.21. The van der Waals surface area contributed by atoms with Gasteiger partial charge in [0.05, 0.1) is 0 Å². The van der Waals surface area contributed by atoms with Crippen LogP contribution in [0.5, 0.6) is 0 Å². The van der Waals surface area contributed by atoms with Gasteiger partial charge in [0.2, 0.25) is 0 Å². The molecule has 0 spiro atoms. The van der Waals surface area contributed by atoms with Gasteiger partial charge >= 0.3 is 0 Å². The van der Waals surface area contributed by atoms with Crippen molar-refractivity contribution >= 4 is 0 Å². The average molecular weight is 201 g/mol. The van der Waals surface area contributed by atoms with Gasteiger partial charge in [0, 0.05) is 0 Å². The molecule has 0 aromatic heterocycles. The number of benzene rings is 1. The van der Waals surface area contributed by atoms with Gasteiger partial charge in [0.1, 0.15) is 0 Å². The summed E-state index contributed by atoms with van der Waals surface area (Å²) < 4.78 is 0. The van der Waals surface area contributed by atoms with Crippen molar-refractivity contribution in [1.29, 1.82) is 0 Å². The predicted octanol–water partition coefficient (Wildman–Crippen LogP) is 2.78. The Morgan fingerprint density at radius 1 is 1.07 bits per heavy atom. The lowest BCUT2D eigenvalue weighted by atomic mass is 9.70. The fourth-order valence-corrected chi connectivity index (χ4v) is 3.22. The van der Waals surface area contributed by atoms with E-state index < -0.39 is 0 Å². The quantitative estimate of drug-likeness (QED) is 0.799. The van der Waals surface area contributed by atoms with E-state index in [-0.39, 0.29) is 0 Å². The fourth-order valence-electron chi connectivity index (χ4n) is 3.22. The Bertz CT molecular complexity index is 330. The van der Waals surface area contributed by atoms with E-state index in [0.717, 1.165) is 30.2 Å². The topological polar surface area (TPSA) is 26.0 Å². The van der Waals surface area contributed by atoms with Gasteiger partial charge in [-0.3, -0.25) is 0 Å². The van der Waals surface area contributed by atoms with Crippen molar-refractivity contribution in [2.75, 3.05) is 6.54 Å². The summed E-state index contributed by atoms with van der Waals surface area (Å²) in [5, 5.41) is 0. The van der Waals surface area contributed by atoms with Crippen molar-refractivity contribution in [1.82, 2.24) is 0 Å². The summed E-state index contributed by atoms with van der Waals surface area (Å²) in [6, 6.07) is 11.0. The maximum atomic E-state index is 5.77. The van der Waals surface area contributed by atoms with Gasteiger partial charge in [0.25, 0.3) is 0 Å². The van der Waals surface area contributed by atoms with Gasteiger partial charge in [-0.25, -0.2) is 0 Å². The van der Waals surface area contributed by atoms with Crippen LogP contribution in [0.15, 0.2) is 30.3 Å². The second-order valence-electron chi connectivity index (χ2n) is 5.15. The first-order chi connectivity index (χ1) is 7.40. The summed E-state index contributed by atoms with van der Waals surface area (Å²) in [6.45, 7) is 0.905. The minimum Gasteiger partial charge on any atom is -0.330 e. The second kappa shape index (κ2) is 3.64. The molecule has 4 atom stereocenters. The molecule has 1 aromatic carbocycles. The van der Waals surface area contributed by atoms with E-state index >= 15 is 0 Å². The first-order valence-corrected chi connectivity index (χ1v) is 6.15. The maximum Gasteiger partial charge on any atom is -0.00461 e. The van der Waals surface area contributed by atoms with Crippen molar-refractivity contribution in [2.45, 2.75) is 25.2 Å². The highest BCUT2D eigenvalue weighted by Gasteiger charge is 2.48. The molecule has 0 bridgehead atoms. The van der Waals surface area contributed by atoms with Gasteiger partial charge in [-0.2, -0.15) is 0 Å². The van der Waals surface area contributed by atoms with Crippen LogP contribution >= 0.6 is 0 Å². The van der Waals surface area contributed by atoms with Crippen molar-refractivity contribution < 1.29 is 0 Å². The molecule has 2 aliphatic carbocycles. The SMILES string of the molecule is NCC1CCC1C1CC1c1ccccc1. The molecule has 3 rings (SSSR count). The second-order valence-corrected chi connectivity index (χ2v) is 5.15. The number of hydrogen-bond donors (Lipinski definition) is 1. The summed E-state index contributed by atoms with van der Waals surface area (Å²) >= 11 is 0. The van der Waals surface area contributed by atoms with Crippen LogP contribution in [-0.4, -0.2) is 6.54 Å². The van der Waals surface area contributed by atoms with Crippen molar-refractivity contribution in [3.8, 4) is 0 Å². The van der Waals surface area contributed by atoms with Crippen molar-refractivity contribution in [3.05, 3.63) is 35.9 Å². The third-order valence-electron chi connectivity index (χ3n) is 4.40. The van der Waals surface area contributed by atoms with Crippen LogP contribution in [0.2, 0.25) is 0 Å². The highest BCUT2D eigenvalue weighted by atomic mass is 14.6. The smallest absolute Gasteiger partial charge is 0.00461 e. The van der Waals surface area contributed by atoms with Crippen LogP contribution in [-0.2, 0) is 0 Å². The Hall–Kier alpha value is -0.820. The van der Waals surface area contributed by atoms with Gasteiger partial charge in [-0.1, -0.05) is 30.3 Å². The van der Waals surface area contributed by atoms with Gasteiger partial charge in [-0.05, 0) is 55.0 Å². The van der Waals surface area contributed by atoms with E-state index in [1.54, 1.807) is 5.56 Å². The molecule has 4 unspecified atom stereocenters. The normalized spacial score (nSPS) is 38.5. The van der Waals surface area contributed by atoms with E-state index in [0.29, 0.717) is 0 Å². The average Bonchev–Trinajstić information content (AvgIpc) is 2.98. The minimum atomic E-state index is 0.837. The lowest BCUT2D eigenvalue weighted by Gasteiger charge is -2.36. The Balaban J connectivity index is 1.65. The third-order valence-corrected chi connectivity index (χ3v) is 4.40. The number of hydrogen-bond acceptors (Lipinski definition) is 1. The molecule has 15 heavy (non-hydrogen) atoms. The molecule has 2 fully saturated rings. The van der Waals surface area contributed by atoms with E-state index in [4.69, 9.17) is 5.73 Å². The maximum absolute atomic E-state index is 5.77. The van der Waals surface area contributed by atoms with Crippen LogP contribution in [0.4, 0.5) is 0 Å². The van der Waals surface area contributed by atoms with E-state index in [2.05, 4.69) is 30.3 Å². The molecule has 2 aliphatic rings. The van der Waals surface area contributed by atoms with Gasteiger partial charge in [-0.15, -0.1) is 0 Å². The lowest BCUT2D eigenvalue weighted by Crippen LogP contribution is -2.33. The molecule has 0 radical (unpaired) electrons. The predicted molar refractivity (Wildman–Crippen MR) is 62.6 cm³/mol. The fraction of sp³-hybridized carbons (Fsp3) is 0.571. The Morgan fingerprint density at radius 3 is 2.47 bits per heavy atom. The Morgan fingerprint density at radius 2 is 1.87 bits per heavy atom. The zero-order valence-electron chi connectivity index (χ0n) is 9.10. The molecule has 0 heterocycles. The van der Waals surface area contributed by atoms with E-state index in [9.17, 15) is 0 Å². The summed E-state index contributed by atoms with van der Waals surface area (Å²) in [7, 11) is 0. The number of nitrogens with two attached hydrogens (primary N) is 1. The van der Waals surface area contributed by atoms with Crippen LogP contribution in [0, 0.1) is 17.8 Å². The monoisotopic (exact) mass is 201 g/mol. The van der Waals surface area contributed by atoms with Crippen LogP contribution in [0.1, 0.15) is 30.7 Å². The van der Waals surface area contributed by atoms with Crippen LogP contribution in [0.25, 0.3) is 0 Å². The van der Waals surface area contributed by atoms with Crippen LogP contribution < -0.4 is 5.73 Å². The molecular formula is C14H19N.